The zero-order valence-electron chi connectivity index (χ0n) is 9.60. The van der Waals surface area contributed by atoms with Crippen molar-refractivity contribution < 1.29 is 4.79 Å². The molecule has 1 aromatic heterocycles. The molecule has 0 aliphatic carbocycles. The van der Waals surface area contributed by atoms with Crippen LogP contribution in [0, 0.1) is 0 Å². The summed E-state index contributed by atoms with van der Waals surface area (Å²) in [7, 11) is 0. The molecular formula is C13H15N3O. The lowest BCUT2D eigenvalue weighted by atomic mass is 10.2. The zero-order valence-corrected chi connectivity index (χ0v) is 9.60. The van der Waals surface area contributed by atoms with Gasteiger partial charge in [-0.15, -0.1) is 0 Å². The highest BCUT2D eigenvalue weighted by molar-refractivity contribution is 5.78. The molecule has 1 aliphatic heterocycles. The van der Waals surface area contributed by atoms with Crippen LogP contribution in [0.1, 0.15) is 31.8 Å². The molecule has 4 nitrogen and oxygen atoms in total. The van der Waals surface area contributed by atoms with Gasteiger partial charge in [0, 0.05) is 6.42 Å². The van der Waals surface area contributed by atoms with E-state index in [1.165, 1.54) is 0 Å². The molecule has 0 spiro atoms. The third-order valence-electron chi connectivity index (χ3n) is 3.28. The Labute approximate surface area is 99.6 Å². The molecule has 1 aromatic carbocycles. The lowest BCUT2D eigenvalue weighted by Gasteiger charge is -2.18. The van der Waals surface area contributed by atoms with E-state index in [0.29, 0.717) is 6.42 Å². The fourth-order valence-corrected chi connectivity index (χ4v) is 2.39. The lowest BCUT2D eigenvalue weighted by Crippen LogP contribution is -2.29. The predicted molar refractivity (Wildman–Crippen MR) is 65.4 cm³/mol. The van der Waals surface area contributed by atoms with Crippen molar-refractivity contribution in [2.24, 2.45) is 0 Å². The highest BCUT2D eigenvalue weighted by atomic mass is 16.1. The minimum Gasteiger partial charge on any atom is -0.336 e. The number of carbonyl (C=O) groups excluding carboxylic acids is 1. The van der Waals surface area contributed by atoms with E-state index in [9.17, 15) is 4.79 Å². The fourth-order valence-electron chi connectivity index (χ4n) is 2.39. The summed E-state index contributed by atoms with van der Waals surface area (Å²) in [6.45, 7) is 0. The second kappa shape index (κ2) is 4.20. The minimum absolute atomic E-state index is 0.0531. The van der Waals surface area contributed by atoms with Crippen LogP contribution < -0.4 is 5.32 Å². The molecule has 1 N–H and O–H groups in total. The molecule has 1 amide bonds. The second-order valence-corrected chi connectivity index (χ2v) is 4.47. The summed E-state index contributed by atoms with van der Waals surface area (Å²) >= 11 is 0. The van der Waals surface area contributed by atoms with E-state index in [1.54, 1.807) is 0 Å². The maximum atomic E-state index is 11.6. The highest BCUT2D eigenvalue weighted by Crippen LogP contribution is 2.22. The SMILES string of the molecule is O=C1CCCCC(n2cnc3ccccc32)N1. The number of amides is 1. The van der Waals surface area contributed by atoms with E-state index in [2.05, 4.69) is 14.9 Å². The summed E-state index contributed by atoms with van der Waals surface area (Å²) in [4.78, 5) is 15.9. The molecule has 3 rings (SSSR count). The molecule has 2 aromatic rings. The van der Waals surface area contributed by atoms with Crippen LogP contribution in [0.4, 0.5) is 0 Å². The van der Waals surface area contributed by atoms with Crippen molar-refractivity contribution in [3.63, 3.8) is 0 Å². The number of benzene rings is 1. The van der Waals surface area contributed by atoms with Gasteiger partial charge in [-0.1, -0.05) is 12.1 Å². The molecule has 1 aliphatic rings. The first-order valence-electron chi connectivity index (χ1n) is 6.05. The van der Waals surface area contributed by atoms with Gasteiger partial charge in [-0.3, -0.25) is 4.79 Å². The Bertz CT molecular complexity index is 546. The molecule has 1 fully saturated rings. The summed E-state index contributed by atoms with van der Waals surface area (Å²) in [6.07, 6.45) is 5.55. The first kappa shape index (κ1) is 10.3. The van der Waals surface area contributed by atoms with Gasteiger partial charge < -0.3 is 9.88 Å². The molecule has 0 radical (unpaired) electrons. The van der Waals surface area contributed by atoms with Gasteiger partial charge in [-0.25, -0.2) is 4.98 Å². The quantitative estimate of drug-likeness (QED) is 0.815. The molecule has 17 heavy (non-hydrogen) atoms. The summed E-state index contributed by atoms with van der Waals surface area (Å²) < 4.78 is 2.07. The highest BCUT2D eigenvalue weighted by Gasteiger charge is 2.18. The summed E-state index contributed by atoms with van der Waals surface area (Å²) in [6, 6.07) is 8.01. The average molecular weight is 229 g/mol. The monoisotopic (exact) mass is 229 g/mol. The molecular weight excluding hydrogens is 214 g/mol. The summed E-state index contributed by atoms with van der Waals surface area (Å²) in [5.41, 5.74) is 2.06. The first-order chi connectivity index (χ1) is 8.34. The number of aromatic nitrogens is 2. The van der Waals surface area contributed by atoms with Crippen LogP contribution in [0.15, 0.2) is 30.6 Å². The number of carbonyl (C=O) groups is 1. The van der Waals surface area contributed by atoms with Gasteiger partial charge in [0.2, 0.25) is 5.91 Å². The molecule has 1 unspecified atom stereocenters. The van der Waals surface area contributed by atoms with Crippen LogP contribution in [0.25, 0.3) is 11.0 Å². The van der Waals surface area contributed by atoms with Crippen LogP contribution in [-0.2, 0) is 4.79 Å². The Morgan fingerprint density at radius 3 is 3.12 bits per heavy atom. The predicted octanol–water partition coefficient (Wildman–Crippen LogP) is 2.23. The van der Waals surface area contributed by atoms with Gasteiger partial charge in [0.15, 0.2) is 0 Å². The van der Waals surface area contributed by atoms with Gasteiger partial charge in [-0.05, 0) is 31.4 Å². The maximum absolute atomic E-state index is 11.6. The average Bonchev–Trinajstić information content (AvgIpc) is 2.66. The summed E-state index contributed by atoms with van der Waals surface area (Å²) in [5.74, 6) is 0.144. The molecule has 0 saturated carbocycles. The van der Waals surface area contributed by atoms with Crippen molar-refractivity contribution in [2.45, 2.75) is 31.8 Å². The van der Waals surface area contributed by atoms with Crippen molar-refractivity contribution in [1.29, 1.82) is 0 Å². The van der Waals surface area contributed by atoms with Gasteiger partial charge in [0.1, 0.15) is 6.17 Å². The largest absolute Gasteiger partial charge is 0.336 e. The third-order valence-corrected chi connectivity index (χ3v) is 3.28. The number of rotatable bonds is 1. The Hall–Kier alpha value is -1.84. The van der Waals surface area contributed by atoms with Gasteiger partial charge >= 0.3 is 0 Å². The lowest BCUT2D eigenvalue weighted by molar-refractivity contribution is -0.121. The smallest absolute Gasteiger partial charge is 0.221 e. The van der Waals surface area contributed by atoms with Gasteiger partial charge in [0.05, 0.1) is 17.4 Å². The van der Waals surface area contributed by atoms with E-state index in [1.807, 2.05) is 30.6 Å². The number of nitrogens with zero attached hydrogens (tertiary/aromatic N) is 2. The number of nitrogens with one attached hydrogen (secondary N) is 1. The molecule has 2 heterocycles. The molecule has 0 bridgehead atoms. The number of imidazole rings is 1. The molecule has 1 atom stereocenters. The van der Waals surface area contributed by atoms with Crippen LogP contribution in [0.2, 0.25) is 0 Å². The number of fused-ring (bicyclic) bond motifs is 1. The third kappa shape index (κ3) is 1.90. The van der Waals surface area contributed by atoms with Crippen LogP contribution in [0.5, 0.6) is 0 Å². The molecule has 4 heteroatoms. The van der Waals surface area contributed by atoms with E-state index in [0.717, 1.165) is 30.3 Å². The van der Waals surface area contributed by atoms with E-state index >= 15 is 0 Å². The van der Waals surface area contributed by atoms with E-state index in [-0.39, 0.29) is 12.1 Å². The fraction of sp³-hybridized carbons (Fsp3) is 0.385. The Morgan fingerprint density at radius 2 is 2.18 bits per heavy atom. The maximum Gasteiger partial charge on any atom is 0.221 e. The van der Waals surface area contributed by atoms with Crippen molar-refractivity contribution in [3.05, 3.63) is 30.6 Å². The topological polar surface area (TPSA) is 46.9 Å². The summed E-state index contributed by atoms with van der Waals surface area (Å²) in [5, 5.41) is 3.06. The van der Waals surface area contributed by atoms with Crippen LogP contribution in [-0.4, -0.2) is 15.5 Å². The van der Waals surface area contributed by atoms with E-state index in [4.69, 9.17) is 0 Å². The number of hydrogen-bond acceptors (Lipinski definition) is 2. The van der Waals surface area contributed by atoms with Crippen molar-refractivity contribution >= 4 is 16.9 Å². The minimum atomic E-state index is 0.0531. The number of para-hydroxylation sites is 2. The zero-order chi connectivity index (χ0) is 11.7. The van der Waals surface area contributed by atoms with Gasteiger partial charge in [0.25, 0.3) is 0 Å². The van der Waals surface area contributed by atoms with E-state index < -0.39 is 0 Å². The Kier molecular flexibility index (Phi) is 2.55. The Balaban J connectivity index is 1.99. The normalized spacial score (nSPS) is 21.2. The Morgan fingerprint density at radius 1 is 1.29 bits per heavy atom. The second-order valence-electron chi connectivity index (χ2n) is 4.47. The van der Waals surface area contributed by atoms with Crippen LogP contribution in [0.3, 0.4) is 0 Å². The molecule has 88 valence electrons. The van der Waals surface area contributed by atoms with Crippen molar-refractivity contribution in [3.8, 4) is 0 Å². The van der Waals surface area contributed by atoms with Crippen molar-refractivity contribution in [2.75, 3.05) is 0 Å². The first-order valence-corrected chi connectivity index (χ1v) is 6.05. The standard InChI is InChI=1S/C13H15N3O/c17-13-8-4-3-7-12(15-13)16-9-14-10-5-1-2-6-11(10)16/h1-2,5-6,9,12H,3-4,7-8H2,(H,15,17). The van der Waals surface area contributed by atoms with Crippen molar-refractivity contribution in [1.82, 2.24) is 14.9 Å². The molecule has 1 saturated heterocycles. The van der Waals surface area contributed by atoms with Crippen LogP contribution >= 0.6 is 0 Å². The van der Waals surface area contributed by atoms with Gasteiger partial charge in [-0.2, -0.15) is 0 Å². The number of hydrogen-bond donors (Lipinski definition) is 1.